The van der Waals surface area contributed by atoms with Crippen LogP contribution in [0.5, 0.6) is 0 Å². The summed E-state index contributed by atoms with van der Waals surface area (Å²) in [5.41, 5.74) is 1.11. The van der Waals surface area contributed by atoms with E-state index < -0.39 is 0 Å². The van der Waals surface area contributed by atoms with Gasteiger partial charge in [0.15, 0.2) is 0 Å². The fraction of sp³-hybridized carbons (Fsp3) is 0.882. The van der Waals surface area contributed by atoms with Gasteiger partial charge in [0.2, 0.25) is 0 Å². The first-order chi connectivity index (χ1) is 11.2. The summed E-state index contributed by atoms with van der Waals surface area (Å²) >= 11 is 0. The largest absolute Gasteiger partial charge is 0.450 e. The van der Waals surface area contributed by atoms with Crippen molar-refractivity contribution in [2.45, 2.75) is 52.0 Å². The number of nitrogens with zero attached hydrogens (tertiary/aromatic N) is 3. The van der Waals surface area contributed by atoms with E-state index in [-0.39, 0.29) is 6.09 Å². The van der Waals surface area contributed by atoms with Gasteiger partial charge in [0.25, 0.3) is 0 Å². The molecule has 0 aromatic carbocycles. The smallest absolute Gasteiger partial charge is 0.409 e. The molecule has 2 heterocycles. The lowest BCUT2D eigenvalue weighted by Crippen LogP contribution is -2.43. The maximum absolute atomic E-state index is 11.9. The molecular weight excluding hydrogens is 294 g/mol. The number of rotatable bonds is 4. The Morgan fingerprint density at radius 3 is 2.52 bits per heavy atom. The predicted octanol–water partition coefficient (Wildman–Crippen LogP) is 2.73. The van der Waals surface area contributed by atoms with Crippen LogP contribution >= 0.6 is 0 Å². The fourth-order valence-electron chi connectivity index (χ4n) is 3.74. The molecule has 2 aliphatic rings. The van der Waals surface area contributed by atoms with Crippen molar-refractivity contribution in [2.75, 3.05) is 39.9 Å². The van der Waals surface area contributed by atoms with Gasteiger partial charge in [-0.15, -0.1) is 0 Å². The van der Waals surface area contributed by atoms with Crippen LogP contribution < -0.4 is 0 Å². The first-order valence-corrected chi connectivity index (χ1v) is 8.89. The first kappa shape index (κ1) is 18.0. The van der Waals surface area contributed by atoms with Crippen LogP contribution in [0.25, 0.3) is 0 Å². The van der Waals surface area contributed by atoms with Crippen molar-refractivity contribution in [2.24, 2.45) is 11.1 Å². The number of piperidine rings is 1. The van der Waals surface area contributed by atoms with Gasteiger partial charge in [0.1, 0.15) is 7.11 Å². The van der Waals surface area contributed by atoms with Gasteiger partial charge in [-0.05, 0) is 59.0 Å². The number of likely N-dealkylation sites (tertiary alicyclic amines) is 2. The molecule has 0 bridgehead atoms. The van der Waals surface area contributed by atoms with E-state index in [2.05, 4.69) is 17.0 Å². The van der Waals surface area contributed by atoms with E-state index in [9.17, 15) is 4.79 Å². The monoisotopic (exact) mass is 325 g/mol. The van der Waals surface area contributed by atoms with Crippen LogP contribution in [0.15, 0.2) is 5.16 Å². The quantitative estimate of drug-likeness (QED) is 0.589. The SMILES string of the molecule is CCOC(=O)N1CCC[C@H](N2CCC(/C(C)=N/OC)CC2)CC1. The van der Waals surface area contributed by atoms with Crippen LogP contribution in [0, 0.1) is 5.92 Å². The molecule has 6 heteroatoms. The van der Waals surface area contributed by atoms with Gasteiger partial charge < -0.3 is 19.4 Å². The van der Waals surface area contributed by atoms with E-state index in [0.29, 0.717) is 18.6 Å². The van der Waals surface area contributed by atoms with Crippen LogP contribution in [0.4, 0.5) is 4.79 Å². The molecule has 132 valence electrons. The van der Waals surface area contributed by atoms with Crippen LogP contribution in [-0.2, 0) is 9.57 Å². The lowest BCUT2D eigenvalue weighted by atomic mass is 9.91. The lowest BCUT2D eigenvalue weighted by Gasteiger charge is -2.37. The summed E-state index contributed by atoms with van der Waals surface area (Å²) in [6.07, 6.45) is 5.43. The molecule has 0 unspecified atom stereocenters. The minimum Gasteiger partial charge on any atom is -0.450 e. The molecule has 0 saturated carbocycles. The molecule has 0 aromatic rings. The highest BCUT2D eigenvalue weighted by molar-refractivity contribution is 5.83. The molecule has 1 amide bonds. The predicted molar refractivity (Wildman–Crippen MR) is 90.6 cm³/mol. The number of carbonyl (C=O) groups is 1. The van der Waals surface area contributed by atoms with Gasteiger partial charge in [-0.25, -0.2) is 4.79 Å². The number of amides is 1. The Labute approximate surface area is 139 Å². The molecule has 2 aliphatic heterocycles. The maximum atomic E-state index is 11.9. The van der Waals surface area contributed by atoms with E-state index in [1.54, 1.807) is 7.11 Å². The highest BCUT2D eigenvalue weighted by atomic mass is 16.6. The second-order valence-corrected chi connectivity index (χ2v) is 6.50. The van der Waals surface area contributed by atoms with Crippen LogP contribution in [-0.4, -0.2) is 67.5 Å². The molecule has 0 aliphatic carbocycles. The second kappa shape index (κ2) is 9.11. The zero-order valence-electron chi connectivity index (χ0n) is 14.8. The topological polar surface area (TPSA) is 54.4 Å². The number of carbonyl (C=O) groups excluding carboxylic acids is 1. The molecular formula is C17H31N3O3. The maximum Gasteiger partial charge on any atom is 0.409 e. The highest BCUT2D eigenvalue weighted by Gasteiger charge is 2.29. The van der Waals surface area contributed by atoms with E-state index in [4.69, 9.17) is 9.57 Å². The third-order valence-electron chi connectivity index (χ3n) is 5.10. The van der Waals surface area contributed by atoms with Gasteiger partial charge in [-0.2, -0.15) is 0 Å². The molecule has 0 aromatic heterocycles. The van der Waals surface area contributed by atoms with Gasteiger partial charge >= 0.3 is 6.09 Å². The number of oxime groups is 1. The summed E-state index contributed by atoms with van der Waals surface area (Å²) in [7, 11) is 1.61. The van der Waals surface area contributed by atoms with Crippen molar-refractivity contribution in [3.05, 3.63) is 0 Å². The normalized spacial score (nSPS) is 25.1. The average molecular weight is 325 g/mol. The van der Waals surface area contributed by atoms with Crippen LogP contribution in [0.2, 0.25) is 0 Å². The molecule has 0 radical (unpaired) electrons. The molecule has 23 heavy (non-hydrogen) atoms. The van der Waals surface area contributed by atoms with Gasteiger partial charge in [-0.3, -0.25) is 0 Å². The Bertz CT molecular complexity index is 406. The summed E-state index contributed by atoms with van der Waals surface area (Å²) in [5.74, 6) is 0.549. The minimum atomic E-state index is -0.154. The van der Waals surface area contributed by atoms with Crippen molar-refractivity contribution < 1.29 is 14.4 Å². The molecule has 6 nitrogen and oxygen atoms in total. The Morgan fingerprint density at radius 1 is 1.13 bits per heavy atom. The van der Waals surface area contributed by atoms with E-state index in [1.165, 1.54) is 6.42 Å². The highest BCUT2D eigenvalue weighted by Crippen LogP contribution is 2.25. The summed E-state index contributed by atoms with van der Waals surface area (Å²) in [6.45, 7) is 8.24. The third-order valence-corrected chi connectivity index (χ3v) is 5.10. The molecule has 2 fully saturated rings. The van der Waals surface area contributed by atoms with Crippen LogP contribution in [0.1, 0.15) is 46.0 Å². The number of hydrogen-bond donors (Lipinski definition) is 0. The molecule has 0 N–H and O–H groups in total. The van der Waals surface area contributed by atoms with Crippen molar-refractivity contribution in [1.29, 1.82) is 0 Å². The van der Waals surface area contributed by atoms with Crippen molar-refractivity contribution in [3.8, 4) is 0 Å². The summed E-state index contributed by atoms with van der Waals surface area (Å²) < 4.78 is 5.13. The van der Waals surface area contributed by atoms with Gasteiger partial charge in [0.05, 0.1) is 12.3 Å². The summed E-state index contributed by atoms with van der Waals surface area (Å²) in [4.78, 5) is 21.2. The molecule has 2 saturated heterocycles. The zero-order chi connectivity index (χ0) is 16.7. The minimum absolute atomic E-state index is 0.154. The van der Waals surface area contributed by atoms with E-state index in [1.807, 2.05) is 11.8 Å². The Balaban J connectivity index is 1.80. The van der Waals surface area contributed by atoms with Crippen LogP contribution in [0.3, 0.4) is 0 Å². The number of ether oxygens (including phenoxy) is 1. The molecule has 1 atom stereocenters. The first-order valence-electron chi connectivity index (χ1n) is 8.89. The van der Waals surface area contributed by atoms with Crippen molar-refractivity contribution in [1.82, 2.24) is 9.80 Å². The summed E-state index contributed by atoms with van der Waals surface area (Å²) in [5, 5.41) is 4.09. The Morgan fingerprint density at radius 2 is 1.87 bits per heavy atom. The second-order valence-electron chi connectivity index (χ2n) is 6.50. The zero-order valence-corrected chi connectivity index (χ0v) is 14.8. The van der Waals surface area contributed by atoms with E-state index in [0.717, 1.165) is 57.6 Å². The van der Waals surface area contributed by atoms with Gasteiger partial charge in [0, 0.05) is 25.0 Å². The standard InChI is InChI=1S/C17H31N3O3/c1-4-23-17(21)20-10-5-6-16(9-13-20)19-11-7-15(8-12-19)14(2)18-22-3/h15-16H,4-13H2,1-3H3/b18-14+/t16-/m0/s1. The Kier molecular flexibility index (Phi) is 7.15. The fourth-order valence-corrected chi connectivity index (χ4v) is 3.74. The molecule has 2 rings (SSSR count). The Hall–Kier alpha value is -1.30. The number of hydrogen-bond acceptors (Lipinski definition) is 5. The van der Waals surface area contributed by atoms with E-state index >= 15 is 0 Å². The van der Waals surface area contributed by atoms with Crippen molar-refractivity contribution >= 4 is 11.8 Å². The van der Waals surface area contributed by atoms with Crippen molar-refractivity contribution in [3.63, 3.8) is 0 Å². The third kappa shape index (κ3) is 5.09. The summed E-state index contributed by atoms with van der Waals surface area (Å²) in [6, 6.07) is 0.593. The van der Waals surface area contributed by atoms with Gasteiger partial charge in [-0.1, -0.05) is 5.16 Å². The lowest BCUT2D eigenvalue weighted by molar-refractivity contribution is 0.105. The average Bonchev–Trinajstić information content (AvgIpc) is 2.81. The molecule has 0 spiro atoms.